The zero-order chi connectivity index (χ0) is 15.7. The first-order valence-corrected chi connectivity index (χ1v) is 7.22. The molecule has 0 unspecified atom stereocenters. The quantitative estimate of drug-likeness (QED) is 0.855. The fraction of sp³-hybridized carbons (Fsp3) is 0.0769. The molecule has 0 aromatic heterocycles. The van der Waals surface area contributed by atoms with Gasteiger partial charge in [-0.25, -0.2) is 8.42 Å². The van der Waals surface area contributed by atoms with Crippen molar-refractivity contribution >= 4 is 21.4 Å². The molecule has 0 spiro atoms. The molecule has 0 aliphatic rings. The maximum Gasteiger partial charge on any atom is 0.416 e. The summed E-state index contributed by atoms with van der Waals surface area (Å²) >= 11 is 0. The molecule has 3 N–H and O–H groups in total. The van der Waals surface area contributed by atoms with E-state index in [4.69, 9.17) is 5.73 Å². The number of sulfonamides is 1. The smallest absolute Gasteiger partial charge is 0.399 e. The number of nitrogen functional groups attached to an aromatic ring is 1. The molecule has 0 radical (unpaired) electrons. The minimum absolute atomic E-state index is 0.0888. The van der Waals surface area contributed by atoms with Crippen molar-refractivity contribution in [2.45, 2.75) is 11.1 Å². The predicted octanol–water partition coefficient (Wildman–Crippen LogP) is 3.09. The fourth-order valence-electron chi connectivity index (χ4n) is 1.62. The first-order valence-electron chi connectivity index (χ1n) is 5.74. The van der Waals surface area contributed by atoms with Crippen LogP contribution in [0.1, 0.15) is 5.56 Å². The SMILES string of the molecule is Nc1ccc(S(=O)(=O)Nc2cccc(C(F)(F)F)c2)cc1. The number of rotatable bonds is 3. The molecule has 112 valence electrons. The number of nitrogens with two attached hydrogens (primary N) is 1. The van der Waals surface area contributed by atoms with Crippen molar-refractivity contribution in [3.05, 3.63) is 54.1 Å². The Hall–Kier alpha value is -2.22. The standard InChI is InChI=1S/C13H11F3N2O2S/c14-13(15,16)9-2-1-3-11(8-9)18-21(19,20)12-6-4-10(17)5-7-12/h1-8,18H,17H2. The van der Waals surface area contributed by atoms with Gasteiger partial charge in [0.2, 0.25) is 0 Å². The van der Waals surface area contributed by atoms with Crippen molar-refractivity contribution in [3.8, 4) is 0 Å². The van der Waals surface area contributed by atoms with Gasteiger partial charge >= 0.3 is 6.18 Å². The molecule has 0 amide bonds. The molecule has 0 saturated carbocycles. The van der Waals surface area contributed by atoms with Crippen LogP contribution in [0.3, 0.4) is 0 Å². The molecule has 0 saturated heterocycles. The normalized spacial score (nSPS) is 12.1. The molecule has 21 heavy (non-hydrogen) atoms. The van der Waals surface area contributed by atoms with Gasteiger partial charge in [-0.05, 0) is 42.5 Å². The molecule has 8 heteroatoms. The van der Waals surface area contributed by atoms with Gasteiger partial charge in [-0.1, -0.05) is 6.07 Å². The summed E-state index contributed by atoms with van der Waals surface area (Å²) in [5.74, 6) is 0. The van der Waals surface area contributed by atoms with Gasteiger partial charge < -0.3 is 5.73 Å². The van der Waals surface area contributed by atoms with Crippen molar-refractivity contribution in [3.63, 3.8) is 0 Å². The minimum atomic E-state index is -4.54. The Morgan fingerprint density at radius 2 is 1.62 bits per heavy atom. The maximum atomic E-state index is 12.6. The zero-order valence-corrected chi connectivity index (χ0v) is 11.4. The second-order valence-corrected chi connectivity index (χ2v) is 5.94. The second-order valence-electron chi connectivity index (χ2n) is 4.25. The lowest BCUT2D eigenvalue weighted by atomic mass is 10.2. The van der Waals surface area contributed by atoms with Crippen molar-refractivity contribution in [2.75, 3.05) is 10.5 Å². The molecule has 0 fully saturated rings. The highest BCUT2D eigenvalue weighted by Crippen LogP contribution is 2.31. The van der Waals surface area contributed by atoms with Crippen LogP contribution in [-0.2, 0) is 16.2 Å². The van der Waals surface area contributed by atoms with Crippen LogP contribution in [0, 0.1) is 0 Å². The third-order valence-electron chi connectivity index (χ3n) is 2.63. The number of anilines is 2. The molecule has 4 nitrogen and oxygen atoms in total. The summed E-state index contributed by atoms with van der Waals surface area (Å²) in [5.41, 5.74) is 4.74. The van der Waals surface area contributed by atoms with Crippen molar-refractivity contribution < 1.29 is 21.6 Å². The number of alkyl halides is 3. The van der Waals surface area contributed by atoms with E-state index in [9.17, 15) is 21.6 Å². The summed E-state index contributed by atoms with van der Waals surface area (Å²) in [6.45, 7) is 0. The summed E-state index contributed by atoms with van der Waals surface area (Å²) in [6.07, 6.45) is -4.54. The Morgan fingerprint density at radius 1 is 1.00 bits per heavy atom. The monoisotopic (exact) mass is 316 g/mol. The lowest BCUT2D eigenvalue weighted by Crippen LogP contribution is -2.14. The van der Waals surface area contributed by atoms with Crippen LogP contribution in [0.25, 0.3) is 0 Å². The molecule has 0 aliphatic carbocycles. The largest absolute Gasteiger partial charge is 0.416 e. The van der Waals surface area contributed by atoms with Gasteiger partial charge in [0.15, 0.2) is 0 Å². The van der Waals surface area contributed by atoms with E-state index in [0.29, 0.717) is 5.69 Å². The number of halogens is 3. The van der Waals surface area contributed by atoms with E-state index < -0.39 is 21.8 Å². The summed E-state index contributed by atoms with van der Waals surface area (Å²) in [4.78, 5) is -0.0888. The molecule has 0 atom stereocenters. The maximum absolute atomic E-state index is 12.6. The van der Waals surface area contributed by atoms with Gasteiger partial charge in [0, 0.05) is 11.4 Å². The van der Waals surface area contributed by atoms with Crippen LogP contribution in [0.5, 0.6) is 0 Å². The molecular weight excluding hydrogens is 305 g/mol. The van der Waals surface area contributed by atoms with Crippen molar-refractivity contribution in [1.29, 1.82) is 0 Å². The fourth-order valence-corrected chi connectivity index (χ4v) is 2.67. The first kappa shape index (κ1) is 15.2. The Labute approximate surface area is 119 Å². The molecule has 0 aliphatic heterocycles. The minimum Gasteiger partial charge on any atom is -0.399 e. The van der Waals surface area contributed by atoms with Gasteiger partial charge in [-0.3, -0.25) is 4.72 Å². The van der Waals surface area contributed by atoms with E-state index in [1.807, 2.05) is 0 Å². The lowest BCUT2D eigenvalue weighted by molar-refractivity contribution is -0.137. The Kier molecular flexibility index (Phi) is 3.82. The van der Waals surface area contributed by atoms with E-state index in [-0.39, 0.29) is 10.6 Å². The van der Waals surface area contributed by atoms with Gasteiger partial charge in [0.05, 0.1) is 10.5 Å². The molecule has 2 aromatic rings. The van der Waals surface area contributed by atoms with Crippen LogP contribution in [0.4, 0.5) is 24.5 Å². The third-order valence-corrected chi connectivity index (χ3v) is 4.03. The molecule has 2 aromatic carbocycles. The predicted molar refractivity (Wildman–Crippen MR) is 73.1 cm³/mol. The van der Waals surface area contributed by atoms with Gasteiger partial charge in [0.1, 0.15) is 0 Å². The highest BCUT2D eigenvalue weighted by atomic mass is 32.2. The number of nitrogens with one attached hydrogen (secondary N) is 1. The summed E-state index contributed by atoms with van der Waals surface area (Å²) in [7, 11) is -3.97. The van der Waals surface area contributed by atoms with Gasteiger partial charge in [-0.2, -0.15) is 13.2 Å². The van der Waals surface area contributed by atoms with Crippen molar-refractivity contribution in [1.82, 2.24) is 0 Å². The van der Waals surface area contributed by atoms with Crippen LogP contribution in [0.2, 0.25) is 0 Å². The van der Waals surface area contributed by atoms with Crippen LogP contribution < -0.4 is 10.5 Å². The number of hydrogen-bond acceptors (Lipinski definition) is 3. The summed E-state index contributed by atoms with van der Waals surface area (Å²) in [5, 5.41) is 0. The van der Waals surface area contributed by atoms with E-state index in [2.05, 4.69) is 4.72 Å². The average molecular weight is 316 g/mol. The van der Waals surface area contributed by atoms with Gasteiger partial charge in [-0.15, -0.1) is 0 Å². The van der Waals surface area contributed by atoms with Gasteiger partial charge in [0.25, 0.3) is 10.0 Å². The molecular formula is C13H11F3N2O2S. The second kappa shape index (κ2) is 5.28. The van der Waals surface area contributed by atoms with Crippen molar-refractivity contribution in [2.24, 2.45) is 0 Å². The Bertz CT molecular complexity index is 741. The van der Waals surface area contributed by atoms with Crippen LogP contribution >= 0.6 is 0 Å². The summed E-state index contributed by atoms with van der Waals surface area (Å²) in [6, 6.07) is 9.28. The number of benzene rings is 2. The van der Waals surface area contributed by atoms with E-state index in [1.54, 1.807) is 0 Å². The first-order chi connectivity index (χ1) is 9.68. The van der Waals surface area contributed by atoms with Crippen LogP contribution in [0.15, 0.2) is 53.4 Å². The molecule has 2 rings (SSSR count). The number of hydrogen-bond donors (Lipinski definition) is 2. The summed E-state index contributed by atoms with van der Waals surface area (Å²) < 4.78 is 63.9. The average Bonchev–Trinajstić information content (AvgIpc) is 2.38. The van der Waals surface area contributed by atoms with E-state index in [0.717, 1.165) is 18.2 Å². The highest BCUT2D eigenvalue weighted by molar-refractivity contribution is 7.92. The van der Waals surface area contributed by atoms with E-state index >= 15 is 0 Å². The topological polar surface area (TPSA) is 72.2 Å². The molecule has 0 bridgehead atoms. The highest BCUT2D eigenvalue weighted by Gasteiger charge is 2.30. The Balaban J connectivity index is 2.31. The van der Waals surface area contributed by atoms with E-state index in [1.165, 1.54) is 30.3 Å². The molecule has 0 heterocycles. The third kappa shape index (κ3) is 3.66. The Morgan fingerprint density at radius 3 is 2.19 bits per heavy atom. The zero-order valence-electron chi connectivity index (χ0n) is 10.6. The lowest BCUT2D eigenvalue weighted by Gasteiger charge is -2.11. The van der Waals surface area contributed by atoms with Crippen LogP contribution in [-0.4, -0.2) is 8.42 Å².